The van der Waals surface area contributed by atoms with Crippen LogP contribution in [0, 0.1) is 5.92 Å². The fraction of sp³-hybridized carbons (Fsp3) is 0.579. The minimum absolute atomic E-state index is 0.0247. The van der Waals surface area contributed by atoms with Gasteiger partial charge in [-0.05, 0) is 24.9 Å². The second-order valence-corrected chi connectivity index (χ2v) is 7.12. The zero-order valence-corrected chi connectivity index (χ0v) is 15.5. The van der Waals surface area contributed by atoms with Gasteiger partial charge in [-0.2, -0.15) is 0 Å². The molecule has 1 aromatic rings. The molecule has 0 bridgehead atoms. The van der Waals surface area contributed by atoms with Crippen LogP contribution in [0.3, 0.4) is 0 Å². The Bertz CT molecular complexity index is 554. The number of nitrogens with one attached hydrogen (secondary N) is 2. The topological polar surface area (TPSA) is 64.7 Å². The number of hydrogen-bond donors (Lipinski definition) is 2. The molecule has 6 heteroatoms. The number of carbonyl (C=O) groups is 2. The summed E-state index contributed by atoms with van der Waals surface area (Å²) in [4.78, 5) is 29.1. The van der Waals surface area contributed by atoms with Crippen molar-refractivity contribution in [3.63, 3.8) is 0 Å². The van der Waals surface area contributed by atoms with Gasteiger partial charge in [0.1, 0.15) is 6.04 Å². The Morgan fingerprint density at radius 1 is 1.08 bits per heavy atom. The van der Waals surface area contributed by atoms with Crippen molar-refractivity contribution in [2.24, 2.45) is 5.92 Å². The van der Waals surface area contributed by atoms with Crippen molar-refractivity contribution in [3.05, 3.63) is 35.9 Å². The SMILES string of the molecule is CC(C)C[C@H](NC(=O)NCc1ccccc1)C(=O)N1CCN(C)CC1. The van der Waals surface area contributed by atoms with E-state index in [1.54, 1.807) is 0 Å². The van der Waals surface area contributed by atoms with Gasteiger partial charge in [0.05, 0.1) is 0 Å². The zero-order chi connectivity index (χ0) is 18.2. The predicted molar refractivity (Wildman–Crippen MR) is 99.1 cm³/mol. The van der Waals surface area contributed by atoms with Gasteiger partial charge in [-0.15, -0.1) is 0 Å². The summed E-state index contributed by atoms with van der Waals surface area (Å²) >= 11 is 0. The predicted octanol–water partition coefficient (Wildman–Crippen LogP) is 1.67. The van der Waals surface area contributed by atoms with Crippen LogP contribution in [0.5, 0.6) is 0 Å². The molecule has 0 aromatic heterocycles. The summed E-state index contributed by atoms with van der Waals surface area (Å²) in [5, 5.41) is 5.71. The summed E-state index contributed by atoms with van der Waals surface area (Å²) in [5.41, 5.74) is 1.03. The standard InChI is InChI=1S/C19H30N4O2/c1-15(2)13-17(18(24)23-11-9-22(3)10-12-23)21-19(25)20-14-16-7-5-4-6-8-16/h4-8,15,17H,9-14H2,1-3H3,(H2,20,21,25)/t17-/m0/s1. The van der Waals surface area contributed by atoms with Gasteiger partial charge >= 0.3 is 6.03 Å². The summed E-state index contributed by atoms with van der Waals surface area (Å²) in [6.07, 6.45) is 0.643. The van der Waals surface area contributed by atoms with Crippen LogP contribution in [0.25, 0.3) is 0 Å². The lowest BCUT2D eigenvalue weighted by Crippen LogP contribution is -2.55. The van der Waals surface area contributed by atoms with E-state index in [-0.39, 0.29) is 11.9 Å². The number of carbonyl (C=O) groups excluding carboxylic acids is 2. The third-order valence-electron chi connectivity index (χ3n) is 4.42. The van der Waals surface area contributed by atoms with Crippen LogP contribution in [0.15, 0.2) is 30.3 Å². The summed E-state index contributed by atoms with van der Waals surface area (Å²) < 4.78 is 0. The molecular formula is C19H30N4O2. The van der Waals surface area contributed by atoms with E-state index in [2.05, 4.69) is 36.4 Å². The highest BCUT2D eigenvalue weighted by atomic mass is 16.2. The Hall–Kier alpha value is -2.08. The molecular weight excluding hydrogens is 316 g/mol. The lowest BCUT2D eigenvalue weighted by molar-refractivity contribution is -0.135. The molecule has 0 aliphatic carbocycles. The van der Waals surface area contributed by atoms with Gasteiger partial charge in [0.25, 0.3) is 0 Å². The Labute approximate surface area is 150 Å². The first-order valence-electron chi connectivity index (χ1n) is 9.01. The van der Waals surface area contributed by atoms with Crippen molar-refractivity contribution in [3.8, 4) is 0 Å². The monoisotopic (exact) mass is 346 g/mol. The number of rotatable bonds is 6. The number of nitrogens with zero attached hydrogens (tertiary/aromatic N) is 2. The molecule has 0 unspecified atom stereocenters. The van der Waals surface area contributed by atoms with E-state index in [9.17, 15) is 9.59 Å². The van der Waals surface area contributed by atoms with E-state index in [1.807, 2.05) is 35.2 Å². The third kappa shape index (κ3) is 6.38. The highest BCUT2D eigenvalue weighted by Crippen LogP contribution is 2.10. The van der Waals surface area contributed by atoms with Crippen LogP contribution < -0.4 is 10.6 Å². The third-order valence-corrected chi connectivity index (χ3v) is 4.42. The normalized spacial score (nSPS) is 16.6. The van der Waals surface area contributed by atoms with E-state index < -0.39 is 6.04 Å². The van der Waals surface area contributed by atoms with Gasteiger partial charge in [-0.25, -0.2) is 4.79 Å². The van der Waals surface area contributed by atoms with Gasteiger partial charge in [0, 0.05) is 32.7 Å². The number of amides is 3. The van der Waals surface area contributed by atoms with E-state index in [4.69, 9.17) is 0 Å². The minimum Gasteiger partial charge on any atom is -0.338 e. The molecule has 2 N–H and O–H groups in total. The lowest BCUT2D eigenvalue weighted by Gasteiger charge is -2.35. The summed E-state index contributed by atoms with van der Waals surface area (Å²) in [7, 11) is 2.06. The number of urea groups is 1. The van der Waals surface area contributed by atoms with E-state index in [1.165, 1.54) is 0 Å². The fourth-order valence-electron chi connectivity index (χ4n) is 2.93. The molecule has 1 aromatic carbocycles. The first-order chi connectivity index (χ1) is 12.0. The first-order valence-corrected chi connectivity index (χ1v) is 9.01. The molecule has 1 saturated heterocycles. The smallest absolute Gasteiger partial charge is 0.315 e. The summed E-state index contributed by atoms with van der Waals surface area (Å²) in [5.74, 6) is 0.354. The summed E-state index contributed by atoms with van der Waals surface area (Å²) in [6, 6.07) is 8.97. The molecule has 0 radical (unpaired) electrons. The van der Waals surface area contributed by atoms with Crippen LogP contribution in [-0.4, -0.2) is 61.0 Å². The van der Waals surface area contributed by atoms with E-state index in [0.29, 0.717) is 18.9 Å². The van der Waals surface area contributed by atoms with Gasteiger partial charge < -0.3 is 20.4 Å². The highest BCUT2D eigenvalue weighted by Gasteiger charge is 2.28. The molecule has 1 aliphatic rings. The van der Waals surface area contributed by atoms with E-state index >= 15 is 0 Å². The number of benzene rings is 1. The van der Waals surface area contributed by atoms with E-state index in [0.717, 1.165) is 31.7 Å². The van der Waals surface area contributed by atoms with Crippen LogP contribution in [0.4, 0.5) is 4.79 Å². The maximum atomic E-state index is 12.8. The summed E-state index contributed by atoms with van der Waals surface area (Å²) in [6.45, 7) is 7.76. The van der Waals surface area contributed by atoms with Crippen molar-refractivity contribution in [1.29, 1.82) is 0 Å². The Morgan fingerprint density at radius 3 is 2.32 bits per heavy atom. The fourth-order valence-corrected chi connectivity index (χ4v) is 2.93. The first kappa shape index (κ1) is 19.2. The van der Waals surface area contributed by atoms with Crippen molar-refractivity contribution < 1.29 is 9.59 Å². The average molecular weight is 346 g/mol. The van der Waals surface area contributed by atoms with Gasteiger partial charge in [0.15, 0.2) is 0 Å². The van der Waals surface area contributed by atoms with Gasteiger partial charge in [-0.3, -0.25) is 4.79 Å². The molecule has 1 atom stereocenters. The zero-order valence-electron chi connectivity index (χ0n) is 15.5. The van der Waals surface area contributed by atoms with Crippen molar-refractivity contribution in [2.75, 3.05) is 33.2 Å². The van der Waals surface area contributed by atoms with Crippen LogP contribution in [-0.2, 0) is 11.3 Å². The second kappa shape index (κ2) is 9.42. The maximum absolute atomic E-state index is 12.8. The molecule has 138 valence electrons. The molecule has 0 spiro atoms. The molecule has 0 saturated carbocycles. The number of hydrogen-bond acceptors (Lipinski definition) is 3. The van der Waals surface area contributed by atoms with Crippen molar-refractivity contribution in [1.82, 2.24) is 20.4 Å². The molecule has 1 fully saturated rings. The van der Waals surface area contributed by atoms with Crippen LogP contribution >= 0.6 is 0 Å². The van der Waals surface area contributed by atoms with Crippen LogP contribution in [0.1, 0.15) is 25.8 Å². The molecule has 1 aliphatic heterocycles. The van der Waals surface area contributed by atoms with Crippen molar-refractivity contribution >= 4 is 11.9 Å². The Kier molecular flexibility index (Phi) is 7.25. The Morgan fingerprint density at radius 2 is 1.72 bits per heavy atom. The molecule has 3 amide bonds. The van der Waals surface area contributed by atoms with Gasteiger partial charge in [-0.1, -0.05) is 44.2 Å². The molecule has 1 heterocycles. The quantitative estimate of drug-likeness (QED) is 0.824. The lowest BCUT2D eigenvalue weighted by atomic mass is 10.0. The molecule has 2 rings (SSSR count). The molecule has 6 nitrogen and oxygen atoms in total. The average Bonchev–Trinajstić information content (AvgIpc) is 2.60. The molecule has 25 heavy (non-hydrogen) atoms. The van der Waals surface area contributed by atoms with Gasteiger partial charge in [0.2, 0.25) is 5.91 Å². The maximum Gasteiger partial charge on any atom is 0.315 e. The highest BCUT2D eigenvalue weighted by molar-refractivity contribution is 5.87. The largest absolute Gasteiger partial charge is 0.338 e. The number of piperazine rings is 1. The minimum atomic E-state index is -0.473. The van der Waals surface area contributed by atoms with Crippen LogP contribution in [0.2, 0.25) is 0 Å². The number of likely N-dealkylation sites (N-methyl/N-ethyl adjacent to an activating group) is 1. The van der Waals surface area contributed by atoms with Crippen molar-refractivity contribution in [2.45, 2.75) is 32.9 Å². The second-order valence-electron chi connectivity index (χ2n) is 7.12. The Balaban J connectivity index is 1.89.